The van der Waals surface area contributed by atoms with Gasteiger partial charge in [-0.15, -0.1) is 0 Å². The fourth-order valence-corrected chi connectivity index (χ4v) is 10.7. The maximum Gasteiger partial charge on any atom is 0.126 e. The summed E-state index contributed by atoms with van der Waals surface area (Å²) in [5.74, 6) is 3.01. The number of allylic oxidation sites excluding steroid dienone is 2. The molecular weight excluding hydrogens is 392 g/mol. The lowest BCUT2D eigenvalue weighted by atomic mass is 9.33. The van der Waals surface area contributed by atoms with E-state index in [1.807, 2.05) is 0 Å². The van der Waals surface area contributed by atoms with Gasteiger partial charge in [0.2, 0.25) is 0 Å². The van der Waals surface area contributed by atoms with Crippen LogP contribution in [0.3, 0.4) is 0 Å². The Bertz CT molecular complexity index is 827. The average Bonchev–Trinajstić information content (AvgIpc) is 2.74. The predicted octanol–water partition coefficient (Wildman–Crippen LogP) is 7.20. The van der Waals surface area contributed by atoms with Crippen molar-refractivity contribution in [3.63, 3.8) is 0 Å². The molecule has 180 valence electrons. The molecule has 0 amide bonds. The maximum absolute atomic E-state index is 12.6. The third-order valence-electron chi connectivity index (χ3n) is 13.3. The summed E-state index contributed by atoms with van der Waals surface area (Å²) in [5, 5.41) is 10.9. The minimum Gasteiger partial charge on any atom is -0.393 e. The van der Waals surface area contributed by atoms with Crippen molar-refractivity contribution in [1.82, 2.24) is 0 Å². The van der Waals surface area contributed by atoms with Crippen LogP contribution in [0.25, 0.3) is 0 Å². The average molecular weight is 441 g/mol. The third-order valence-corrected chi connectivity index (χ3v) is 13.3. The number of rotatable bonds is 1. The first-order valence-corrected chi connectivity index (χ1v) is 13.7. The van der Waals surface area contributed by atoms with Gasteiger partial charge in [-0.1, -0.05) is 60.1 Å². The quantitative estimate of drug-likeness (QED) is 0.346. The summed E-state index contributed by atoms with van der Waals surface area (Å²) in [6.45, 7) is 17.3. The first kappa shape index (κ1) is 23.1. The summed E-state index contributed by atoms with van der Waals surface area (Å²) >= 11 is 0. The van der Waals surface area contributed by atoms with Gasteiger partial charge in [0.05, 0.1) is 6.10 Å². The highest BCUT2D eigenvalue weighted by Gasteiger charge is 2.68. The molecule has 0 aromatic heterocycles. The van der Waals surface area contributed by atoms with Crippen LogP contribution in [0.1, 0.15) is 106 Å². The molecule has 0 radical (unpaired) electrons. The first-order valence-electron chi connectivity index (χ1n) is 13.7. The fraction of sp³-hybridized carbons (Fsp3) is 0.900. The summed E-state index contributed by atoms with van der Waals surface area (Å²) in [4.78, 5) is 12.6. The van der Waals surface area contributed by atoms with E-state index in [-0.39, 0.29) is 27.8 Å². The SMILES string of the molecule is C[C@H]1[C@H](C)CC[C@]2(C=O)CC[C@]3(C)C(=CC[C@@H]4[C@@]5(C)CC[C@@H](O)C(C)(C)[C@@H]5CC[C@]43C)[C@H]12. The Kier molecular flexibility index (Phi) is 5.03. The summed E-state index contributed by atoms with van der Waals surface area (Å²) in [5.41, 5.74) is 2.35. The van der Waals surface area contributed by atoms with Gasteiger partial charge in [-0.2, -0.15) is 0 Å². The standard InChI is InChI=1S/C30H48O2/c1-19-10-15-30(18-31)17-16-28(6)21(25(30)20(19)2)8-9-23-27(5)13-12-24(32)26(3,4)22(27)11-14-29(23,28)7/h8,18-20,22-25,32H,9-17H2,1-7H3/t19-,20+,22+,23-,24-,25+,27+,28-,29-,30-/m1/s1. The number of carbonyl (C=O) groups is 1. The summed E-state index contributed by atoms with van der Waals surface area (Å²) < 4.78 is 0. The Labute approximate surface area is 197 Å². The largest absolute Gasteiger partial charge is 0.393 e. The van der Waals surface area contributed by atoms with Gasteiger partial charge in [0.15, 0.2) is 0 Å². The van der Waals surface area contributed by atoms with E-state index in [9.17, 15) is 9.90 Å². The van der Waals surface area contributed by atoms with Crippen LogP contribution < -0.4 is 0 Å². The normalized spacial score (nSPS) is 56.7. The lowest BCUT2D eigenvalue weighted by molar-refractivity contribution is -0.203. The first-order chi connectivity index (χ1) is 14.9. The number of aldehydes is 1. The molecule has 1 N–H and O–H groups in total. The number of carbonyl (C=O) groups excluding carboxylic acids is 1. The van der Waals surface area contributed by atoms with Crippen molar-refractivity contribution in [2.24, 2.45) is 56.7 Å². The van der Waals surface area contributed by atoms with Gasteiger partial charge in [0.25, 0.3) is 0 Å². The fourth-order valence-electron chi connectivity index (χ4n) is 10.7. The van der Waals surface area contributed by atoms with E-state index in [2.05, 4.69) is 54.5 Å². The molecule has 0 heterocycles. The molecule has 10 atom stereocenters. The Morgan fingerprint density at radius 2 is 1.62 bits per heavy atom. The molecule has 4 fully saturated rings. The van der Waals surface area contributed by atoms with Crippen molar-refractivity contribution >= 4 is 6.29 Å². The van der Waals surface area contributed by atoms with Crippen molar-refractivity contribution in [3.8, 4) is 0 Å². The Hall–Kier alpha value is -0.630. The lowest BCUT2D eigenvalue weighted by Gasteiger charge is -2.71. The van der Waals surface area contributed by atoms with Gasteiger partial charge >= 0.3 is 0 Å². The number of hydrogen-bond donors (Lipinski definition) is 1. The molecule has 5 aliphatic carbocycles. The molecule has 32 heavy (non-hydrogen) atoms. The van der Waals surface area contributed by atoms with Crippen molar-refractivity contribution in [2.75, 3.05) is 0 Å². The molecule has 5 rings (SSSR count). The Morgan fingerprint density at radius 1 is 0.906 bits per heavy atom. The van der Waals surface area contributed by atoms with Crippen molar-refractivity contribution in [2.45, 2.75) is 112 Å². The van der Waals surface area contributed by atoms with Crippen LogP contribution >= 0.6 is 0 Å². The summed E-state index contributed by atoms with van der Waals surface area (Å²) in [6, 6.07) is 0. The van der Waals surface area contributed by atoms with Crippen LogP contribution in [0.2, 0.25) is 0 Å². The van der Waals surface area contributed by atoms with Crippen molar-refractivity contribution in [3.05, 3.63) is 11.6 Å². The molecule has 2 heteroatoms. The molecule has 0 aromatic rings. The van der Waals surface area contributed by atoms with Crippen molar-refractivity contribution in [1.29, 1.82) is 0 Å². The predicted molar refractivity (Wildman–Crippen MR) is 131 cm³/mol. The van der Waals surface area contributed by atoms with E-state index in [1.54, 1.807) is 5.57 Å². The van der Waals surface area contributed by atoms with E-state index in [0.717, 1.165) is 25.7 Å². The van der Waals surface area contributed by atoms with Gasteiger partial charge in [-0.25, -0.2) is 0 Å². The van der Waals surface area contributed by atoms with E-state index >= 15 is 0 Å². The lowest BCUT2D eigenvalue weighted by Crippen LogP contribution is -2.65. The van der Waals surface area contributed by atoms with Crippen LogP contribution in [-0.2, 0) is 4.79 Å². The van der Waals surface area contributed by atoms with Gasteiger partial charge < -0.3 is 9.90 Å². The zero-order valence-corrected chi connectivity index (χ0v) is 21.8. The van der Waals surface area contributed by atoms with E-state index in [0.29, 0.717) is 35.0 Å². The molecular formula is C30H48O2. The monoisotopic (exact) mass is 440 g/mol. The second-order valence-electron chi connectivity index (χ2n) is 14.4. The maximum atomic E-state index is 12.6. The Balaban J connectivity index is 1.60. The molecule has 2 nitrogen and oxygen atoms in total. The van der Waals surface area contributed by atoms with Crippen LogP contribution in [0.15, 0.2) is 11.6 Å². The van der Waals surface area contributed by atoms with E-state index in [4.69, 9.17) is 0 Å². The van der Waals surface area contributed by atoms with Crippen LogP contribution in [0, 0.1) is 56.7 Å². The van der Waals surface area contributed by atoms with Crippen molar-refractivity contribution < 1.29 is 9.90 Å². The molecule has 0 unspecified atom stereocenters. The smallest absolute Gasteiger partial charge is 0.126 e. The van der Waals surface area contributed by atoms with Crippen LogP contribution in [-0.4, -0.2) is 17.5 Å². The second kappa shape index (κ2) is 6.96. The molecule has 0 saturated heterocycles. The molecule has 0 aliphatic heterocycles. The molecule has 0 aromatic carbocycles. The second-order valence-corrected chi connectivity index (χ2v) is 14.4. The van der Waals surface area contributed by atoms with E-state index < -0.39 is 0 Å². The van der Waals surface area contributed by atoms with Crippen LogP contribution in [0.4, 0.5) is 0 Å². The molecule has 4 saturated carbocycles. The zero-order valence-electron chi connectivity index (χ0n) is 21.8. The zero-order chi connectivity index (χ0) is 23.3. The topological polar surface area (TPSA) is 37.3 Å². The highest BCUT2D eigenvalue weighted by Crippen LogP contribution is 2.75. The van der Waals surface area contributed by atoms with E-state index in [1.165, 1.54) is 38.4 Å². The van der Waals surface area contributed by atoms with Crippen LogP contribution in [0.5, 0.6) is 0 Å². The highest BCUT2D eigenvalue weighted by molar-refractivity contribution is 5.63. The van der Waals surface area contributed by atoms with Gasteiger partial charge in [-0.05, 0) is 109 Å². The molecule has 0 spiro atoms. The Morgan fingerprint density at radius 3 is 2.31 bits per heavy atom. The highest BCUT2D eigenvalue weighted by atomic mass is 16.3. The number of hydrogen-bond acceptors (Lipinski definition) is 2. The minimum absolute atomic E-state index is 0.00573. The third kappa shape index (κ3) is 2.60. The number of aliphatic hydroxyl groups is 1. The number of fused-ring (bicyclic) bond motifs is 7. The molecule has 0 bridgehead atoms. The minimum atomic E-state index is -0.164. The summed E-state index contributed by atoms with van der Waals surface area (Å²) in [7, 11) is 0. The van der Waals surface area contributed by atoms with Gasteiger partial charge in [0.1, 0.15) is 6.29 Å². The van der Waals surface area contributed by atoms with Gasteiger partial charge in [0, 0.05) is 5.41 Å². The van der Waals surface area contributed by atoms with Gasteiger partial charge in [-0.3, -0.25) is 0 Å². The number of aliphatic hydroxyl groups excluding tert-OH is 1. The molecule has 5 aliphatic rings. The summed E-state index contributed by atoms with van der Waals surface area (Å²) in [6.07, 6.45) is 14.2.